The molecule has 2 saturated heterocycles. The van der Waals surface area contributed by atoms with Gasteiger partial charge in [-0.2, -0.15) is 5.53 Å². The standard InChI is InChI=1S/C5H11NO.C3H9N3/c1-5(2)3-7-4-6-5;1-2-4-6-5-3-1/h6H,3-4H2,1-2H3;4-6H,1-3H2. The normalized spacial score (nSPS) is 26.3. The van der Waals surface area contributed by atoms with E-state index in [1.807, 2.05) is 0 Å². The molecule has 5 heteroatoms. The summed E-state index contributed by atoms with van der Waals surface area (Å²) in [4.78, 5) is 0. The van der Waals surface area contributed by atoms with Crippen molar-refractivity contribution in [2.45, 2.75) is 25.8 Å². The first-order valence-corrected chi connectivity index (χ1v) is 4.74. The molecule has 0 spiro atoms. The van der Waals surface area contributed by atoms with E-state index in [1.54, 1.807) is 0 Å². The molecule has 0 amide bonds. The highest BCUT2D eigenvalue weighted by Crippen LogP contribution is 2.06. The Balaban J connectivity index is 0.000000132. The zero-order chi connectivity index (χ0) is 9.57. The number of hydrazine groups is 2. The van der Waals surface area contributed by atoms with E-state index in [2.05, 4.69) is 35.6 Å². The predicted molar refractivity (Wildman–Crippen MR) is 51.8 cm³/mol. The largest absolute Gasteiger partial charge is 0.364 e. The maximum absolute atomic E-state index is 5.05. The fourth-order valence-corrected chi connectivity index (χ4v) is 1.06. The van der Waals surface area contributed by atoms with Gasteiger partial charge in [-0.3, -0.25) is 5.32 Å². The summed E-state index contributed by atoms with van der Waals surface area (Å²) < 4.78 is 5.05. The summed E-state index contributed by atoms with van der Waals surface area (Å²) in [6.07, 6.45) is 1.22. The minimum Gasteiger partial charge on any atom is -0.364 e. The van der Waals surface area contributed by atoms with Gasteiger partial charge in [-0.05, 0) is 20.3 Å². The van der Waals surface area contributed by atoms with Gasteiger partial charge < -0.3 is 4.74 Å². The minimum atomic E-state index is 0.222. The van der Waals surface area contributed by atoms with Gasteiger partial charge in [-0.25, -0.2) is 10.9 Å². The van der Waals surface area contributed by atoms with Crippen molar-refractivity contribution < 1.29 is 4.74 Å². The van der Waals surface area contributed by atoms with Gasteiger partial charge in [-0.15, -0.1) is 0 Å². The molecule has 0 atom stereocenters. The zero-order valence-electron chi connectivity index (χ0n) is 8.44. The molecular formula is C8H20N4O. The van der Waals surface area contributed by atoms with E-state index < -0.39 is 0 Å². The molecule has 2 fully saturated rings. The molecule has 0 unspecified atom stereocenters. The quantitative estimate of drug-likeness (QED) is 0.406. The molecule has 0 aromatic carbocycles. The van der Waals surface area contributed by atoms with Crippen LogP contribution in [0.15, 0.2) is 0 Å². The van der Waals surface area contributed by atoms with Crippen LogP contribution < -0.4 is 21.7 Å². The lowest BCUT2D eigenvalue weighted by Crippen LogP contribution is -2.49. The fraction of sp³-hybridized carbons (Fsp3) is 1.00. The highest BCUT2D eigenvalue weighted by molar-refractivity contribution is 4.78. The Morgan fingerprint density at radius 3 is 2.00 bits per heavy atom. The Bertz CT molecular complexity index is 117. The molecule has 0 aromatic rings. The summed E-state index contributed by atoms with van der Waals surface area (Å²) in [6.45, 7) is 7.96. The van der Waals surface area contributed by atoms with E-state index in [0.717, 1.165) is 19.7 Å². The Morgan fingerprint density at radius 2 is 1.85 bits per heavy atom. The van der Waals surface area contributed by atoms with Crippen LogP contribution in [-0.4, -0.2) is 32.0 Å². The molecule has 0 aromatic heterocycles. The first-order chi connectivity index (χ1) is 6.21. The molecule has 0 saturated carbocycles. The number of rotatable bonds is 0. The second kappa shape index (κ2) is 5.51. The molecule has 13 heavy (non-hydrogen) atoms. The summed E-state index contributed by atoms with van der Waals surface area (Å²) in [5.41, 5.74) is 8.85. The first kappa shape index (κ1) is 10.9. The monoisotopic (exact) mass is 188 g/mol. The highest BCUT2D eigenvalue weighted by atomic mass is 16.5. The zero-order valence-corrected chi connectivity index (χ0v) is 8.44. The van der Waals surface area contributed by atoms with E-state index in [0.29, 0.717) is 6.73 Å². The van der Waals surface area contributed by atoms with Gasteiger partial charge >= 0.3 is 0 Å². The average Bonchev–Trinajstić information content (AvgIpc) is 2.54. The van der Waals surface area contributed by atoms with Crippen molar-refractivity contribution in [2.75, 3.05) is 26.4 Å². The van der Waals surface area contributed by atoms with E-state index >= 15 is 0 Å². The lowest BCUT2D eigenvalue weighted by molar-refractivity contribution is 0.182. The van der Waals surface area contributed by atoms with E-state index in [9.17, 15) is 0 Å². The number of hydrogen-bond acceptors (Lipinski definition) is 5. The molecule has 0 aliphatic carbocycles. The van der Waals surface area contributed by atoms with E-state index in [4.69, 9.17) is 4.74 Å². The van der Waals surface area contributed by atoms with Gasteiger partial charge in [-0.1, -0.05) is 0 Å². The van der Waals surface area contributed by atoms with Crippen LogP contribution in [0.25, 0.3) is 0 Å². The van der Waals surface area contributed by atoms with Crippen LogP contribution in [0.1, 0.15) is 20.3 Å². The number of ether oxygens (including phenoxy) is 1. The summed E-state index contributed by atoms with van der Waals surface area (Å²) >= 11 is 0. The van der Waals surface area contributed by atoms with Crippen molar-refractivity contribution in [3.05, 3.63) is 0 Å². The summed E-state index contributed by atoms with van der Waals surface area (Å²) in [6, 6.07) is 0. The second-order valence-electron chi connectivity index (χ2n) is 3.89. The van der Waals surface area contributed by atoms with E-state index in [1.165, 1.54) is 6.42 Å². The smallest absolute Gasteiger partial charge is 0.0971 e. The summed E-state index contributed by atoms with van der Waals surface area (Å²) in [7, 11) is 0. The van der Waals surface area contributed by atoms with Crippen LogP contribution in [0.2, 0.25) is 0 Å². The molecule has 2 rings (SSSR count). The maximum atomic E-state index is 5.05. The fourth-order valence-electron chi connectivity index (χ4n) is 1.06. The SMILES string of the molecule is C1CNNNC1.CC1(C)COCN1. The van der Waals surface area contributed by atoms with Gasteiger partial charge in [0.1, 0.15) is 0 Å². The van der Waals surface area contributed by atoms with Crippen molar-refractivity contribution in [2.24, 2.45) is 0 Å². The lowest BCUT2D eigenvalue weighted by Gasteiger charge is -2.12. The molecule has 2 aliphatic rings. The van der Waals surface area contributed by atoms with Crippen LogP contribution >= 0.6 is 0 Å². The third-order valence-electron chi connectivity index (χ3n) is 1.90. The first-order valence-electron chi connectivity index (χ1n) is 4.74. The number of nitrogens with one attached hydrogen (secondary N) is 4. The predicted octanol–water partition coefficient (Wildman–Crippen LogP) is -0.669. The maximum Gasteiger partial charge on any atom is 0.0971 e. The van der Waals surface area contributed by atoms with Crippen molar-refractivity contribution in [3.63, 3.8) is 0 Å². The summed E-state index contributed by atoms with van der Waals surface area (Å²) in [5, 5.41) is 3.17. The topological polar surface area (TPSA) is 57.3 Å². The third-order valence-corrected chi connectivity index (χ3v) is 1.90. The molecule has 78 valence electrons. The van der Waals surface area contributed by atoms with Crippen LogP contribution in [0.5, 0.6) is 0 Å². The van der Waals surface area contributed by atoms with Crippen LogP contribution in [-0.2, 0) is 4.74 Å². The molecule has 5 nitrogen and oxygen atoms in total. The van der Waals surface area contributed by atoms with Crippen molar-refractivity contribution >= 4 is 0 Å². The van der Waals surface area contributed by atoms with Gasteiger partial charge in [0.05, 0.1) is 13.3 Å². The second-order valence-corrected chi connectivity index (χ2v) is 3.89. The molecule has 0 radical (unpaired) electrons. The molecule has 2 aliphatic heterocycles. The van der Waals surface area contributed by atoms with Crippen molar-refractivity contribution in [1.82, 2.24) is 21.7 Å². The molecule has 2 heterocycles. The van der Waals surface area contributed by atoms with E-state index in [-0.39, 0.29) is 5.54 Å². The number of hydrogen-bond donors (Lipinski definition) is 4. The minimum absolute atomic E-state index is 0.222. The Kier molecular flexibility index (Phi) is 4.61. The van der Waals surface area contributed by atoms with Crippen molar-refractivity contribution in [1.29, 1.82) is 0 Å². The third kappa shape index (κ3) is 5.17. The van der Waals surface area contributed by atoms with Gasteiger partial charge in [0.2, 0.25) is 0 Å². The highest BCUT2D eigenvalue weighted by Gasteiger charge is 2.21. The Morgan fingerprint density at radius 1 is 1.15 bits per heavy atom. The van der Waals surface area contributed by atoms with Crippen LogP contribution in [0.3, 0.4) is 0 Å². The van der Waals surface area contributed by atoms with Crippen LogP contribution in [0, 0.1) is 0 Å². The van der Waals surface area contributed by atoms with Gasteiger partial charge in [0.15, 0.2) is 0 Å². The Labute approximate surface area is 79.5 Å². The average molecular weight is 188 g/mol. The van der Waals surface area contributed by atoms with Crippen molar-refractivity contribution in [3.8, 4) is 0 Å². The summed E-state index contributed by atoms with van der Waals surface area (Å²) in [5.74, 6) is 0. The molecular weight excluding hydrogens is 168 g/mol. The molecule has 0 bridgehead atoms. The van der Waals surface area contributed by atoms with Gasteiger partial charge in [0.25, 0.3) is 0 Å². The molecule has 4 N–H and O–H groups in total. The van der Waals surface area contributed by atoms with Crippen LogP contribution in [0.4, 0.5) is 0 Å². The Hall–Kier alpha value is -0.200. The lowest BCUT2D eigenvalue weighted by atomic mass is 10.1. The van der Waals surface area contributed by atoms with Gasteiger partial charge in [0, 0.05) is 18.6 Å².